The Hall–Kier alpha value is -1.04. The average molecular weight is 283 g/mol. The predicted octanol–water partition coefficient (Wildman–Crippen LogP) is 2.40. The van der Waals surface area contributed by atoms with Crippen molar-refractivity contribution in [1.82, 2.24) is 0 Å². The van der Waals surface area contributed by atoms with Crippen LogP contribution in [0.5, 0.6) is 0 Å². The van der Waals surface area contributed by atoms with Crippen molar-refractivity contribution in [3.05, 3.63) is 35.1 Å². The van der Waals surface area contributed by atoms with Gasteiger partial charge in [0.1, 0.15) is 10.8 Å². The topological polar surface area (TPSA) is 44.5 Å². The van der Waals surface area contributed by atoms with Crippen LogP contribution in [-0.4, -0.2) is 24.8 Å². The normalized spacial score (nSPS) is 16.5. The molecule has 1 aliphatic rings. The highest BCUT2D eigenvalue weighted by atomic mass is 32.1. The van der Waals surface area contributed by atoms with Crippen LogP contribution < -0.4 is 5.73 Å². The molecule has 0 amide bonds. The van der Waals surface area contributed by atoms with Gasteiger partial charge in [-0.2, -0.15) is 0 Å². The molecular weight excluding hydrogens is 265 g/mol. The molecule has 3 nitrogen and oxygen atoms in total. The molecule has 0 radical (unpaired) electrons. The summed E-state index contributed by atoms with van der Waals surface area (Å²) in [5.41, 5.74) is 6.70. The summed E-state index contributed by atoms with van der Waals surface area (Å²) in [4.78, 5) is 0.269. The molecule has 5 heteroatoms. The number of rotatable bonds is 5. The molecule has 1 aromatic rings. The maximum absolute atomic E-state index is 13.6. The molecule has 19 heavy (non-hydrogen) atoms. The second-order valence-corrected chi connectivity index (χ2v) is 5.18. The van der Waals surface area contributed by atoms with Gasteiger partial charge < -0.3 is 15.2 Å². The van der Waals surface area contributed by atoms with E-state index >= 15 is 0 Å². The summed E-state index contributed by atoms with van der Waals surface area (Å²) in [6, 6.07) is 4.61. The van der Waals surface area contributed by atoms with Crippen molar-refractivity contribution in [1.29, 1.82) is 0 Å². The molecule has 1 heterocycles. The molecule has 0 aliphatic carbocycles. The van der Waals surface area contributed by atoms with Gasteiger partial charge in [0.25, 0.3) is 0 Å². The zero-order valence-electron chi connectivity index (χ0n) is 10.7. The summed E-state index contributed by atoms with van der Waals surface area (Å²) >= 11 is 4.88. The molecular formula is C14H18FNO2S. The van der Waals surface area contributed by atoms with Crippen LogP contribution in [0.3, 0.4) is 0 Å². The van der Waals surface area contributed by atoms with Crippen molar-refractivity contribution >= 4 is 17.2 Å². The van der Waals surface area contributed by atoms with Gasteiger partial charge in [-0.25, -0.2) is 4.39 Å². The standard InChI is InChI=1S/C14H18FNO2S/c15-13-2-1-11(14(16)19)7-12(13)9-18-8-10-3-5-17-6-4-10/h1-2,7,10H,3-6,8-9H2,(H2,16,19). The van der Waals surface area contributed by atoms with Crippen molar-refractivity contribution in [2.75, 3.05) is 19.8 Å². The van der Waals surface area contributed by atoms with Gasteiger partial charge in [-0.1, -0.05) is 12.2 Å². The van der Waals surface area contributed by atoms with Gasteiger partial charge in [0, 0.05) is 24.3 Å². The Bertz CT molecular complexity index is 447. The molecule has 0 atom stereocenters. The lowest BCUT2D eigenvalue weighted by atomic mass is 10.0. The highest BCUT2D eigenvalue weighted by Crippen LogP contribution is 2.17. The van der Waals surface area contributed by atoms with E-state index in [2.05, 4.69) is 0 Å². The van der Waals surface area contributed by atoms with Crippen LogP contribution in [0.25, 0.3) is 0 Å². The minimum Gasteiger partial charge on any atom is -0.389 e. The first-order valence-electron chi connectivity index (χ1n) is 6.40. The fourth-order valence-electron chi connectivity index (χ4n) is 2.09. The van der Waals surface area contributed by atoms with Crippen LogP contribution in [-0.2, 0) is 16.1 Å². The maximum atomic E-state index is 13.6. The van der Waals surface area contributed by atoms with Crippen LogP contribution in [0.1, 0.15) is 24.0 Å². The first kappa shape index (κ1) is 14.4. The fourth-order valence-corrected chi connectivity index (χ4v) is 2.21. The van der Waals surface area contributed by atoms with Crippen LogP contribution in [0.15, 0.2) is 18.2 Å². The molecule has 0 aromatic heterocycles. The van der Waals surface area contributed by atoms with Gasteiger partial charge in [-0.3, -0.25) is 0 Å². The third kappa shape index (κ3) is 4.23. The lowest BCUT2D eigenvalue weighted by Crippen LogP contribution is -2.20. The lowest BCUT2D eigenvalue weighted by Gasteiger charge is -2.21. The summed E-state index contributed by atoms with van der Waals surface area (Å²) in [5, 5.41) is 0. The van der Waals surface area contributed by atoms with Gasteiger partial charge in [-0.15, -0.1) is 0 Å². The summed E-state index contributed by atoms with van der Waals surface area (Å²) in [7, 11) is 0. The van der Waals surface area contributed by atoms with E-state index in [1.165, 1.54) is 6.07 Å². The molecule has 2 rings (SSSR count). The molecule has 1 aliphatic heterocycles. The quantitative estimate of drug-likeness (QED) is 0.843. The summed E-state index contributed by atoms with van der Waals surface area (Å²) in [6.07, 6.45) is 2.02. The Morgan fingerprint density at radius 2 is 2.16 bits per heavy atom. The maximum Gasteiger partial charge on any atom is 0.128 e. The van der Waals surface area contributed by atoms with Crippen molar-refractivity contribution in [3.8, 4) is 0 Å². The summed E-state index contributed by atoms with van der Waals surface area (Å²) in [6.45, 7) is 2.47. The fraction of sp³-hybridized carbons (Fsp3) is 0.500. The molecule has 0 spiro atoms. The Morgan fingerprint density at radius 1 is 1.42 bits per heavy atom. The van der Waals surface area contributed by atoms with E-state index < -0.39 is 0 Å². The second kappa shape index (κ2) is 6.93. The molecule has 2 N–H and O–H groups in total. The van der Waals surface area contributed by atoms with Gasteiger partial charge in [0.05, 0.1) is 13.2 Å². The molecule has 1 saturated heterocycles. The average Bonchev–Trinajstić information content (AvgIpc) is 2.42. The van der Waals surface area contributed by atoms with E-state index in [1.807, 2.05) is 0 Å². The Labute approximate surface area is 117 Å². The number of hydrogen-bond donors (Lipinski definition) is 1. The SMILES string of the molecule is NC(=S)c1ccc(F)c(COCC2CCOCC2)c1. The number of benzene rings is 1. The summed E-state index contributed by atoms with van der Waals surface area (Å²) in [5.74, 6) is 0.225. The largest absolute Gasteiger partial charge is 0.389 e. The molecule has 0 saturated carbocycles. The highest BCUT2D eigenvalue weighted by molar-refractivity contribution is 7.80. The molecule has 0 unspecified atom stereocenters. The molecule has 104 valence electrons. The number of hydrogen-bond acceptors (Lipinski definition) is 3. The van der Waals surface area contributed by atoms with Crippen LogP contribution in [0.4, 0.5) is 4.39 Å². The van der Waals surface area contributed by atoms with Crippen molar-refractivity contribution < 1.29 is 13.9 Å². The minimum absolute atomic E-state index is 0.250. The van der Waals surface area contributed by atoms with E-state index in [0.717, 1.165) is 26.1 Å². The monoisotopic (exact) mass is 283 g/mol. The Kier molecular flexibility index (Phi) is 5.24. The number of halogens is 1. The van der Waals surface area contributed by atoms with Crippen LogP contribution >= 0.6 is 12.2 Å². The molecule has 1 aromatic carbocycles. The number of nitrogens with two attached hydrogens (primary N) is 1. The first-order valence-corrected chi connectivity index (χ1v) is 6.81. The number of ether oxygens (including phenoxy) is 2. The van der Waals surface area contributed by atoms with E-state index in [1.54, 1.807) is 12.1 Å². The Balaban J connectivity index is 1.87. The first-order chi connectivity index (χ1) is 9.16. The smallest absolute Gasteiger partial charge is 0.128 e. The van der Waals surface area contributed by atoms with Gasteiger partial charge in [0.15, 0.2) is 0 Å². The Morgan fingerprint density at radius 3 is 2.84 bits per heavy atom. The van der Waals surface area contributed by atoms with Crippen LogP contribution in [0.2, 0.25) is 0 Å². The van der Waals surface area contributed by atoms with Crippen LogP contribution in [0, 0.1) is 11.7 Å². The van der Waals surface area contributed by atoms with Gasteiger partial charge in [0.2, 0.25) is 0 Å². The third-order valence-corrected chi connectivity index (χ3v) is 3.52. The zero-order chi connectivity index (χ0) is 13.7. The predicted molar refractivity (Wildman–Crippen MR) is 75.5 cm³/mol. The minimum atomic E-state index is -0.285. The van der Waals surface area contributed by atoms with E-state index in [9.17, 15) is 4.39 Å². The van der Waals surface area contributed by atoms with Crippen molar-refractivity contribution in [2.45, 2.75) is 19.4 Å². The zero-order valence-corrected chi connectivity index (χ0v) is 11.5. The van der Waals surface area contributed by atoms with Gasteiger partial charge in [-0.05, 0) is 37.0 Å². The highest BCUT2D eigenvalue weighted by Gasteiger charge is 2.14. The van der Waals surface area contributed by atoms with E-state index in [0.29, 0.717) is 23.7 Å². The van der Waals surface area contributed by atoms with Crippen molar-refractivity contribution in [3.63, 3.8) is 0 Å². The van der Waals surface area contributed by atoms with Gasteiger partial charge >= 0.3 is 0 Å². The summed E-state index contributed by atoms with van der Waals surface area (Å²) < 4.78 is 24.5. The second-order valence-electron chi connectivity index (χ2n) is 4.74. The van der Waals surface area contributed by atoms with E-state index in [4.69, 9.17) is 27.4 Å². The van der Waals surface area contributed by atoms with E-state index in [-0.39, 0.29) is 17.4 Å². The third-order valence-electron chi connectivity index (χ3n) is 3.28. The molecule has 1 fully saturated rings. The lowest BCUT2D eigenvalue weighted by molar-refractivity contribution is 0.0151. The molecule has 0 bridgehead atoms. The van der Waals surface area contributed by atoms with Crippen molar-refractivity contribution in [2.24, 2.45) is 11.7 Å². The number of thiocarbonyl (C=S) groups is 1.